The van der Waals surface area contributed by atoms with Crippen LogP contribution in [0.25, 0.3) is 11.1 Å². The molecule has 0 heterocycles. The minimum absolute atomic E-state index is 0.0721. The van der Waals surface area contributed by atoms with Gasteiger partial charge in [-0.25, -0.2) is 4.39 Å². The molecule has 0 atom stereocenters. The molecule has 2 rings (SSSR count). The minimum Gasteiger partial charge on any atom is -0.392 e. The molecule has 2 heteroatoms. The maximum absolute atomic E-state index is 13.8. The highest BCUT2D eigenvalue weighted by atomic mass is 19.1. The Bertz CT molecular complexity index is 529. The summed E-state index contributed by atoms with van der Waals surface area (Å²) in [4.78, 5) is 0. The maximum Gasteiger partial charge on any atom is 0.131 e. The van der Waals surface area contributed by atoms with E-state index in [0.717, 1.165) is 11.1 Å². The lowest BCUT2D eigenvalue weighted by Gasteiger charge is -2.09. The molecule has 0 aromatic heterocycles. The Labute approximate surface area is 107 Å². The second-order valence-corrected chi connectivity index (χ2v) is 4.75. The Morgan fingerprint density at radius 1 is 1.06 bits per heavy atom. The second kappa shape index (κ2) is 5.32. The van der Waals surface area contributed by atoms with Crippen LogP contribution >= 0.6 is 0 Å². The molecule has 0 spiro atoms. The van der Waals surface area contributed by atoms with E-state index in [4.69, 9.17) is 5.11 Å². The second-order valence-electron chi connectivity index (χ2n) is 4.75. The molecular formula is C16H17FO. The number of benzene rings is 2. The fourth-order valence-electron chi connectivity index (χ4n) is 1.94. The first-order chi connectivity index (χ1) is 8.61. The van der Waals surface area contributed by atoms with Gasteiger partial charge in [0.05, 0.1) is 6.61 Å². The highest BCUT2D eigenvalue weighted by Crippen LogP contribution is 2.26. The van der Waals surface area contributed by atoms with Gasteiger partial charge in [0, 0.05) is 5.56 Å². The predicted molar refractivity (Wildman–Crippen MR) is 71.8 cm³/mol. The zero-order valence-electron chi connectivity index (χ0n) is 10.7. The summed E-state index contributed by atoms with van der Waals surface area (Å²) in [5.74, 6) is 0.206. The van der Waals surface area contributed by atoms with Crippen LogP contribution in [0.15, 0.2) is 42.5 Å². The van der Waals surface area contributed by atoms with Crippen molar-refractivity contribution in [3.8, 4) is 11.1 Å². The molecule has 0 radical (unpaired) electrons. The van der Waals surface area contributed by atoms with Crippen molar-refractivity contribution in [1.29, 1.82) is 0 Å². The Morgan fingerprint density at radius 3 is 2.28 bits per heavy atom. The van der Waals surface area contributed by atoms with E-state index in [0.29, 0.717) is 11.5 Å². The molecule has 2 aromatic carbocycles. The summed E-state index contributed by atoms with van der Waals surface area (Å²) >= 11 is 0. The smallest absolute Gasteiger partial charge is 0.131 e. The first-order valence-corrected chi connectivity index (χ1v) is 6.11. The highest BCUT2D eigenvalue weighted by Gasteiger charge is 2.07. The van der Waals surface area contributed by atoms with E-state index >= 15 is 0 Å². The van der Waals surface area contributed by atoms with Crippen molar-refractivity contribution in [2.24, 2.45) is 0 Å². The van der Waals surface area contributed by atoms with E-state index in [-0.39, 0.29) is 12.4 Å². The van der Waals surface area contributed by atoms with Crippen LogP contribution in [0.2, 0.25) is 0 Å². The van der Waals surface area contributed by atoms with Crippen LogP contribution in [0.1, 0.15) is 30.9 Å². The lowest BCUT2D eigenvalue weighted by Crippen LogP contribution is -1.91. The first kappa shape index (κ1) is 12.8. The average molecular weight is 244 g/mol. The van der Waals surface area contributed by atoms with E-state index < -0.39 is 0 Å². The van der Waals surface area contributed by atoms with Crippen molar-refractivity contribution in [3.05, 3.63) is 59.4 Å². The fourth-order valence-corrected chi connectivity index (χ4v) is 1.94. The topological polar surface area (TPSA) is 20.2 Å². The predicted octanol–water partition coefficient (Wildman–Crippen LogP) is 4.11. The molecule has 0 aliphatic carbocycles. The Kier molecular flexibility index (Phi) is 3.78. The van der Waals surface area contributed by atoms with Gasteiger partial charge >= 0.3 is 0 Å². The lowest BCUT2D eigenvalue weighted by molar-refractivity contribution is 0.282. The molecule has 18 heavy (non-hydrogen) atoms. The molecule has 0 aliphatic rings. The van der Waals surface area contributed by atoms with Crippen LogP contribution in [0.3, 0.4) is 0 Å². The van der Waals surface area contributed by atoms with Gasteiger partial charge in [-0.1, -0.05) is 44.2 Å². The Hall–Kier alpha value is -1.67. The zero-order valence-corrected chi connectivity index (χ0v) is 10.7. The molecule has 0 saturated carbocycles. The van der Waals surface area contributed by atoms with Gasteiger partial charge in [-0.15, -0.1) is 0 Å². The number of aliphatic hydroxyl groups excluding tert-OH is 1. The summed E-state index contributed by atoms with van der Waals surface area (Å²) in [6.45, 7) is 4.18. The van der Waals surface area contributed by atoms with Gasteiger partial charge < -0.3 is 5.11 Å². The van der Waals surface area contributed by atoms with Crippen molar-refractivity contribution in [1.82, 2.24) is 0 Å². The zero-order chi connectivity index (χ0) is 13.1. The van der Waals surface area contributed by atoms with Crippen LogP contribution in [0, 0.1) is 5.82 Å². The van der Waals surface area contributed by atoms with Crippen molar-refractivity contribution >= 4 is 0 Å². The number of hydrogen-bond donors (Lipinski definition) is 1. The van der Waals surface area contributed by atoms with E-state index in [1.807, 2.05) is 24.3 Å². The van der Waals surface area contributed by atoms with Gasteiger partial charge in [-0.3, -0.25) is 0 Å². The summed E-state index contributed by atoms with van der Waals surface area (Å²) in [7, 11) is 0. The Morgan fingerprint density at radius 2 is 1.72 bits per heavy atom. The minimum atomic E-state index is -0.260. The van der Waals surface area contributed by atoms with Gasteiger partial charge in [0.1, 0.15) is 5.82 Å². The van der Waals surface area contributed by atoms with E-state index in [1.165, 1.54) is 11.6 Å². The molecule has 0 fully saturated rings. The van der Waals surface area contributed by atoms with Crippen LogP contribution in [-0.4, -0.2) is 5.11 Å². The summed E-state index contributed by atoms with van der Waals surface area (Å²) in [6.07, 6.45) is 0. The molecule has 0 amide bonds. The summed E-state index contributed by atoms with van der Waals surface area (Å²) in [5, 5.41) is 9.09. The number of halogens is 1. The summed E-state index contributed by atoms with van der Waals surface area (Å²) in [5.41, 5.74) is 3.33. The molecule has 1 nitrogen and oxygen atoms in total. The molecule has 0 aliphatic heterocycles. The lowest BCUT2D eigenvalue weighted by atomic mass is 9.97. The molecule has 2 aromatic rings. The third kappa shape index (κ3) is 2.59. The Balaban J connectivity index is 2.41. The quantitative estimate of drug-likeness (QED) is 0.861. The van der Waals surface area contributed by atoms with Crippen LogP contribution in [-0.2, 0) is 6.61 Å². The standard InChI is InChI=1S/C16H17FO/c1-11(2)13-4-6-14(7-5-13)15-9-12(10-18)3-8-16(15)17/h3-9,11,18H,10H2,1-2H3. The summed E-state index contributed by atoms with van der Waals surface area (Å²) in [6, 6.07) is 12.6. The van der Waals surface area contributed by atoms with Crippen LogP contribution in [0.5, 0.6) is 0 Å². The maximum atomic E-state index is 13.8. The van der Waals surface area contributed by atoms with Gasteiger partial charge in [0.2, 0.25) is 0 Å². The fraction of sp³-hybridized carbons (Fsp3) is 0.250. The third-order valence-corrected chi connectivity index (χ3v) is 3.10. The van der Waals surface area contributed by atoms with E-state index in [1.54, 1.807) is 12.1 Å². The molecule has 1 N–H and O–H groups in total. The first-order valence-electron chi connectivity index (χ1n) is 6.11. The number of hydrogen-bond acceptors (Lipinski definition) is 1. The molecule has 0 bridgehead atoms. The third-order valence-electron chi connectivity index (χ3n) is 3.10. The highest BCUT2D eigenvalue weighted by molar-refractivity contribution is 5.65. The number of rotatable bonds is 3. The largest absolute Gasteiger partial charge is 0.392 e. The monoisotopic (exact) mass is 244 g/mol. The average Bonchev–Trinajstić information content (AvgIpc) is 2.39. The van der Waals surface area contributed by atoms with E-state index in [2.05, 4.69) is 13.8 Å². The van der Waals surface area contributed by atoms with Gasteiger partial charge in [-0.05, 0) is 34.7 Å². The van der Waals surface area contributed by atoms with Crippen molar-refractivity contribution in [2.75, 3.05) is 0 Å². The van der Waals surface area contributed by atoms with E-state index in [9.17, 15) is 4.39 Å². The SMILES string of the molecule is CC(C)c1ccc(-c2cc(CO)ccc2F)cc1. The van der Waals surface area contributed by atoms with Crippen molar-refractivity contribution < 1.29 is 9.50 Å². The van der Waals surface area contributed by atoms with Gasteiger partial charge in [-0.2, -0.15) is 0 Å². The van der Waals surface area contributed by atoms with Crippen LogP contribution in [0.4, 0.5) is 4.39 Å². The van der Waals surface area contributed by atoms with Gasteiger partial charge in [0.25, 0.3) is 0 Å². The number of aliphatic hydroxyl groups is 1. The van der Waals surface area contributed by atoms with Crippen LogP contribution < -0.4 is 0 Å². The van der Waals surface area contributed by atoms with Crippen molar-refractivity contribution in [3.63, 3.8) is 0 Å². The molecule has 0 unspecified atom stereocenters. The van der Waals surface area contributed by atoms with Crippen molar-refractivity contribution in [2.45, 2.75) is 26.4 Å². The molecular weight excluding hydrogens is 227 g/mol. The molecule has 94 valence electrons. The van der Waals surface area contributed by atoms with Gasteiger partial charge in [0.15, 0.2) is 0 Å². The molecule has 0 saturated heterocycles. The summed E-state index contributed by atoms with van der Waals surface area (Å²) < 4.78 is 13.8. The normalized spacial score (nSPS) is 10.9.